The molecule has 0 heterocycles. The third-order valence-electron chi connectivity index (χ3n) is 3.78. The average molecular weight is 332 g/mol. The number of rotatable bonds is 6. The van der Waals surface area contributed by atoms with Crippen molar-refractivity contribution in [3.63, 3.8) is 0 Å². The van der Waals surface area contributed by atoms with E-state index < -0.39 is 11.9 Å². The Labute approximate surface area is 140 Å². The smallest absolute Gasteiger partial charge is 0.307 e. The first-order valence-corrected chi connectivity index (χ1v) is 7.68. The van der Waals surface area contributed by atoms with E-state index in [-0.39, 0.29) is 18.2 Å². The van der Waals surface area contributed by atoms with Crippen LogP contribution in [0.4, 0.5) is 5.69 Å². The molecule has 2 aromatic carbocycles. The van der Waals surface area contributed by atoms with E-state index in [1.807, 2.05) is 37.3 Å². The van der Waals surface area contributed by atoms with Crippen LogP contribution in [0.25, 0.3) is 0 Å². The fourth-order valence-electron chi connectivity index (χ4n) is 2.41. The van der Waals surface area contributed by atoms with Crippen molar-refractivity contribution >= 4 is 29.2 Å². The maximum absolute atomic E-state index is 12.1. The van der Waals surface area contributed by atoms with E-state index in [0.29, 0.717) is 10.7 Å². The number of amides is 1. The molecule has 2 aromatic rings. The summed E-state index contributed by atoms with van der Waals surface area (Å²) in [5.41, 5.74) is 1.50. The SMILES string of the molecule is C[C@@H](c1ccccc1)[C@H](CC(=O)Nc1ccc(Cl)cc1)C(=O)O. The summed E-state index contributed by atoms with van der Waals surface area (Å²) in [6.07, 6.45) is -0.0893. The molecule has 0 fully saturated rings. The number of benzene rings is 2. The first kappa shape index (κ1) is 17.0. The number of carbonyl (C=O) groups is 2. The van der Waals surface area contributed by atoms with E-state index in [2.05, 4.69) is 5.32 Å². The summed E-state index contributed by atoms with van der Waals surface area (Å²) in [5, 5.41) is 12.7. The quantitative estimate of drug-likeness (QED) is 0.834. The molecule has 2 rings (SSSR count). The molecule has 0 spiro atoms. The summed E-state index contributed by atoms with van der Waals surface area (Å²) in [6.45, 7) is 1.82. The van der Waals surface area contributed by atoms with Gasteiger partial charge in [-0.3, -0.25) is 9.59 Å². The standard InChI is InChI=1S/C18H18ClNO3/c1-12(13-5-3-2-4-6-13)16(18(22)23)11-17(21)20-15-9-7-14(19)8-10-15/h2-10,12,16H,11H2,1H3,(H,20,21)(H,22,23)/t12-,16-/m0/s1. The van der Waals surface area contributed by atoms with Crippen molar-refractivity contribution < 1.29 is 14.7 Å². The summed E-state index contributed by atoms with van der Waals surface area (Å²) in [4.78, 5) is 23.7. The highest BCUT2D eigenvalue weighted by Gasteiger charge is 2.28. The van der Waals surface area contributed by atoms with Crippen LogP contribution in [0.3, 0.4) is 0 Å². The van der Waals surface area contributed by atoms with E-state index in [9.17, 15) is 14.7 Å². The lowest BCUT2D eigenvalue weighted by atomic mass is 9.85. The van der Waals surface area contributed by atoms with Gasteiger partial charge in [0.05, 0.1) is 5.92 Å². The lowest BCUT2D eigenvalue weighted by Gasteiger charge is -2.20. The van der Waals surface area contributed by atoms with Crippen molar-refractivity contribution in [3.8, 4) is 0 Å². The van der Waals surface area contributed by atoms with Crippen LogP contribution >= 0.6 is 11.6 Å². The number of nitrogens with one attached hydrogen (secondary N) is 1. The van der Waals surface area contributed by atoms with E-state index in [0.717, 1.165) is 5.56 Å². The summed E-state index contributed by atoms with van der Waals surface area (Å²) >= 11 is 5.79. The first-order chi connectivity index (χ1) is 11.0. The maximum Gasteiger partial charge on any atom is 0.307 e. The van der Waals surface area contributed by atoms with Crippen LogP contribution in [0.15, 0.2) is 54.6 Å². The lowest BCUT2D eigenvalue weighted by Crippen LogP contribution is -2.26. The minimum atomic E-state index is -0.979. The summed E-state index contributed by atoms with van der Waals surface area (Å²) in [6, 6.07) is 16.0. The minimum absolute atomic E-state index is 0.0893. The first-order valence-electron chi connectivity index (χ1n) is 7.30. The van der Waals surface area contributed by atoms with Crippen LogP contribution in [-0.4, -0.2) is 17.0 Å². The molecular formula is C18H18ClNO3. The molecule has 0 unspecified atom stereocenters. The molecule has 2 atom stereocenters. The van der Waals surface area contributed by atoms with Crippen molar-refractivity contribution in [2.45, 2.75) is 19.3 Å². The van der Waals surface area contributed by atoms with Crippen molar-refractivity contribution in [2.75, 3.05) is 5.32 Å². The van der Waals surface area contributed by atoms with Gasteiger partial charge in [0.25, 0.3) is 0 Å². The third kappa shape index (κ3) is 4.83. The zero-order valence-corrected chi connectivity index (χ0v) is 13.5. The van der Waals surface area contributed by atoms with Crippen molar-refractivity contribution in [1.82, 2.24) is 0 Å². The molecule has 0 aromatic heterocycles. The van der Waals surface area contributed by atoms with Gasteiger partial charge in [-0.2, -0.15) is 0 Å². The number of hydrogen-bond acceptors (Lipinski definition) is 2. The molecule has 1 amide bonds. The molecule has 0 saturated carbocycles. The van der Waals surface area contributed by atoms with Gasteiger partial charge in [0.2, 0.25) is 5.91 Å². The Balaban J connectivity index is 2.05. The average Bonchev–Trinajstić information content (AvgIpc) is 2.55. The number of anilines is 1. The van der Waals surface area contributed by atoms with Crippen LogP contribution in [-0.2, 0) is 9.59 Å². The Bertz CT molecular complexity index is 670. The van der Waals surface area contributed by atoms with E-state index >= 15 is 0 Å². The molecule has 0 radical (unpaired) electrons. The predicted molar refractivity (Wildman–Crippen MR) is 90.7 cm³/mol. The van der Waals surface area contributed by atoms with Gasteiger partial charge in [-0.25, -0.2) is 0 Å². The fraction of sp³-hybridized carbons (Fsp3) is 0.222. The number of aliphatic carboxylic acids is 1. The molecule has 0 aliphatic rings. The molecule has 2 N–H and O–H groups in total. The number of carboxylic acid groups (broad SMARTS) is 1. The molecule has 0 bridgehead atoms. The zero-order valence-electron chi connectivity index (χ0n) is 12.7. The molecule has 0 aliphatic heterocycles. The van der Waals surface area contributed by atoms with Gasteiger partial charge in [-0.15, -0.1) is 0 Å². The Kier molecular flexibility index (Phi) is 5.77. The predicted octanol–water partition coefficient (Wildman–Crippen LogP) is 4.17. The minimum Gasteiger partial charge on any atom is -0.481 e. The number of carbonyl (C=O) groups excluding carboxylic acids is 1. The number of hydrogen-bond donors (Lipinski definition) is 2. The molecule has 120 valence electrons. The van der Waals surface area contributed by atoms with Crippen LogP contribution in [0.1, 0.15) is 24.8 Å². The Morgan fingerprint density at radius 3 is 2.26 bits per heavy atom. The van der Waals surface area contributed by atoms with E-state index in [1.54, 1.807) is 24.3 Å². The van der Waals surface area contributed by atoms with Crippen molar-refractivity contribution in [1.29, 1.82) is 0 Å². The monoisotopic (exact) mass is 331 g/mol. The largest absolute Gasteiger partial charge is 0.481 e. The normalized spacial score (nSPS) is 13.1. The highest BCUT2D eigenvalue weighted by Crippen LogP contribution is 2.27. The van der Waals surface area contributed by atoms with E-state index in [4.69, 9.17) is 11.6 Å². The van der Waals surface area contributed by atoms with Crippen LogP contribution in [0.5, 0.6) is 0 Å². The van der Waals surface area contributed by atoms with Gasteiger partial charge < -0.3 is 10.4 Å². The molecule has 0 aliphatic carbocycles. The molecule has 23 heavy (non-hydrogen) atoms. The number of carboxylic acids is 1. The lowest BCUT2D eigenvalue weighted by molar-refractivity contribution is -0.144. The topological polar surface area (TPSA) is 66.4 Å². The molecule has 0 saturated heterocycles. The van der Waals surface area contributed by atoms with Crippen LogP contribution in [0, 0.1) is 5.92 Å². The highest BCUT2D eigenvalue weighted by atomic mass is 35.5. The van der Waals surface area contributed by atoms with Crippen LogP contribution < -0.4 is 5.32 Å². The zero-order chi connectivity index (χ0) is 16.8. The van der Waals surface area contributed by atoms with Gasteiger partial charge in [0, 0.05) is 17.1 Å². The van der Waals surface area contributed by atoms with Gasteiger partial charge >= 0.3 is 5.97 Å². The van der Waals surface area contributed by atoms with Gasteiger partial charge in [0.15, 0.2) is 0 Å². The Morgan fingerprint density at radius 1 is 1.09 bits per heavy atom. The second-order valence-electron chi connectivity index (χ2n) is 5.40. The van der Waals surface area contributed by atoms with Crippen molar-refractivity contribution in [3.05, 3.63) is 65.2 Å². The van der Waals surface area contributed by atoms with E-state index in [1.165, 1.54) is 0 Å². The third-order valence-corrected chi connectivity index (χ3v) is 4.03. The summed E-state index contributed by atoms with van der Waals surface area (Å²) in [7, 11) is 0. The summed E-state index contributed by atoms with van der Waals surface area (Å²) < 4.78 is 0. The molecule has 4 nitrogen and oxygen atoms in total. The molecule has 5 heteroatoms. The molecular weight excluding hydrogens is 314 g/mol. The van der Waals surface area contributed by atoms with Crippen molar-refractivity contribution in [2.24, 2.45) is 5.92 Å². The fourth-order valence-corrected chi connectivity index (χ4v) is 2.54. The number of halogens is 1. The van der Waals surface area contributed by atoms with Gasteiger partial charge in [-0.05, 0) is 35.7 Å². The van der Waals surface area contributed by atoms with Gasteiger partial charge in [0.1, 0.15) is 0 Å². The highest BCUT2D eigenvalue weighted by molar-refractivity contribution is 6.30. The van der Waals surface area contributed by atoms with Crippen LogP contribution in [0.2, 0.25) is 5.02 Å². The maximum atomic E-state index is 12.1. The summed E-state index contributed by atoms with van der Waals surface area (Å²) in [5.74, 6) is -2.36. The second-order valence-corrected chi connectivity index (χ2v) is 5.84. The Hall–Kier alpha value is -2.33. The second kappa shape index (κ2) is 7.79. The Morgan fingerprint density at radius 2 is 1.70 bits per heavy atom. The van der Waals surface area contributed by atoms with Gasteiger partial charge in [-0.1, -0.05) is 48.9 Å².